The van der Waals surface area contributed by atoms with Crippen molar-refractivity contribution in [1.82, 2.24) is 19.6 Å². The molecule has 0 aliphatic heterocycles. The Morgan fingerprint density at radius 1 is 1.35 bits per heavy atom. The maximum Gasteiger partial charge on any atom is 0.243 e. The summed E-state index contributed by atoms with van der Waals surface area (Å²) in [5.41, 5.74) is 1.81. The minimum Gasteiger partial charge on any atom is -0.481 e. The molecule has 0 saturated carbocycles. The van der Waals surface area contributed by atoms with Crippen LogP contribution < -0.4 is 10.1 Å². The summed E-state index contributed by atoms with van der Waals surface area (Å²) in [6, 6.07) is 7.61. The second-order valence-electron chi connectivity index (χ2n) is 4.12. The first kappa shape index (κ1) is 12.9. The van der Waals surface area contributed by atoms with Gasteiger partial charge < -0.3 is 10.1 Å². The SMILES string of the molecule is COc1ccc(CNc2nc3c(Br)cccn3n2)cn1. The fraction of sp³-hybridized carbons (Fsp3) is 0.154. The van der Waals surface area contributed by atoms with Crippen LogP contribution in [0.3, 0.4) is 0 Å². The molecule has 3 heterocycles. The molecule has 3 aromatic rings. The van der Waals surface area contributed by atoms with Crippen molar-refractivity contribution in [2.45, 2.75) is 6.54 Å². The molecule has 0 fully saturated rings. The predicted octanol–water partition coefficient (Wildman–Crippen LogP) is 2.51. The third-order valence-electron chi connectivity index (χ3n) is 2.77. The highest BCUT2D eigenvalue weighted by atomic mass is 79.9. The highest BCUT2D eigenvalue weighted by molar-refractivity contribution is 9.10. The van der Waals surface area contributed by atoms with Gasteiger partial charge in [0.25, 0.3) is 0 Å². The molecule has 0 aliphatic carbocycles. The number of halogens is 1. The number of nitrogens with zero attached hydrogens (tertiary/aromatic N) is 4. The molecule has 0 radical (unpaired) electrons. The highest BCUT2D eigenvalue weighted by Crippen LogP contribution is 2.17. The highest BCUT2D eigenvalue weighted by Gasteiger charge is 2.05. The van der Waals surface area contributed by atoms with E-state index in [2.05, 4.69) is 36.3 Å². The average molecular weight is 334 g/mol. The van der Waals surface area contributed by atoms with Crippen molar-refractivity contribution < 1.29 is 4.74 Å². The Kier molecular flexibility index (Phi) is 3.51. The second-order valence-corrected chi connectivity index (χ2v) is 4.98. The van der Waals surface area contributed by atoms with Crippen molar-refractivity contribution in [2.75, 3.05) is 12.4 Å². The normalized spacial score (nSPS) is 10.7. The van der Waals surface area contributed by atoms with Gasteiger partial charge in [0, 0.05) is 25.0 Å². The van der Waals surface area contributed by atoms with Crippen molar-refractivity contribution >= 4 is 27.5 Å². The van der Waals surface area contributed by atoms with E-state index >= 15 is 0 Å². The van der Waals surface area contributed by atoms with E-state index in [1.54, 1.807) is 17.8 Å². The molecule has 0 amide bonds. The fourth-order valence-electron chi connectivity index (χ4n) is 1.77. The summed E-state index contributed by atoms with van der Waals surface area (Å²) in [7, 11) is 1.60. The minimum absolute atomic E-state index is 0.577. The Morgan fingerprint density at radius 3 is 2.95 bits per heavy atom. The number of aromatic nitrogens is 4. The van der Waals surface area contributed by atoms with Crippen LogP contribution in [0.25, 0.3) is 5.65 Å². The smallest absolute Gasteiger partial charge is 0.243 e. The molecule has 0 spiro atoms. The molecule has 0 unspecified atom stereocenters. The van der Waals surface area contributed by atoms with Gasteiger partial charge in [0.15, 0.2) is 5.65 Å². The van der Waals surface area contributed by atoms with Gasteiger partial charge in [-0.25, -0.2) is 9.50 Å². The van der Waals surface area contributed by atoms with Crippen molar-refractivity contribution in [1.29, 1.82) is 0 Å². The Bertz CT molecular complexity index is 725. The number of anilines is 1. The van der Waals surface area contributed by atoms with Crippen molar-refractivity contribution in [3.8, 4) is 5.88 Å². The predicted molar refractivity (Wildman–Crippen MR) is 78.8 cm³/mol. The van der Waals surface area contributed by atoms with E-state index < -0.39 is 0 Å². The Morgan fingerprint density at radius 2 is 2.25 bits per heavy atom. The second kappa shape index (κ2) is 5.46. The zero-order valence-electron chi connectivity index (χ0n) is 10.7. The Hall–Kier alpha value is -2.15. The van der Waals surface area contributed by atoms with Crippen LogP contribution in [0.1, 0.15) is 5.56 Å². The molecule has 0 atom stereocenters. The summed E-state index contributed by atoms with van der Waals surface area (Å²) >= 11 is 3.45. The van der Waals surface area contributed by atoms with Crippen LogP contribution in [-0.2, 0) is 6.54 Å². The number of ether oxygens (including phenoxy) is 1. The summed E-state index contributed by atoms with van der Waals surface area (Å²) in [5.74, 6) is 1.18. The van der Waals surface area contributed by atoms with E-state index in [0.717, 1.165) is 15.7 Å². The quantitative estimate of drug-likeness (QED) is 0.794. The van der Waals surface area contributed by atoms with Crippen molar-refractivity contribution in [3.63, 3.8) is 0 Å². The molecule has 3 aromatic heterocycles. The number of hydrogen-bond donors (Lipinski definition) is 1. The molecule has 6 nitrogen and oxygen atoms in total. The maximum absolute atomic E-state index is 5.02. The molecule has 0 saturated heterocycles. The van der Waals surface area contributed by atoms with E-state index in [1.807, 2.05) is 30.5 Å². The minimum atomic E-state index is 0.577. The Balaban J connectivity index is 1.74. The zero-order valence-corrected chi connectivity index (χ0v) is 12.3. The first-order valence-corrected chi connectivity index (χ1v) is 6.79. The van der Waals surface area contributed by atoms with E-state index in [-0.39, 0.29) is 0 Å². The molecule has 0 aliphatic rings. The van der Waals surface area contributed by atoms with Crippen molar-refractivity contribution in [2.24, 2.45) is 0 Å². The van der Waals surface area contributed by atoms with Crippen LogP contribution in [0, 0.1) is 0 Å². The van der Waals surface area contributed by atoms with E-state index in [0.29, 0.717) is 18.4 Å². The molecule has 3 rings (SSSR count). The summed E-state index contributed by atoms with van der Waals surface area (Å²) in [6.45, 7) is 0.603. The zero-order chi connectivity index (χ0) is 13.9. The van der Waals surface area contributed by atoms with Gasteiger partial charge in [-0.1, -0.05) is 6.07 Å². The van der Waals surface area contributed by atoms with Gasteiger partial charge in [-0.15, -0.1) is 5.10 Å². The first-order valence-electron chi connectivity index (χ1n) is 6.00. The van der Waals surface area contributed by atoms with Crippen LogP contribution in [0.15, 0.2) is 41.1 Å². The molecule has 102 valence electrons. The summed E-state index contributed by atoms with van der Waals surface area (Å²) < 4.78 is 7.65. The number of hydrogen-bond acceptors (Lipinski definition) is 5. The monoisotopic (exact) mass is 333 g/mol. The number of rotatable bonds is 4. The van der Waals surface area contributed by atoms with Gasteiger partial charge in [-0.3, -0.25) is 0 Å². The fourth-order valence-corrected chi connectivity index (χ4v) is 2.19. The van der Waals surface area contributed by atoms with Gasteiger partial charge in [0.05, 0.1) is 11.6 Å². The molecule has 1 N–H and O–H groups in total. The van der Waals surface area contributed by atoms with Gasteiger partial charge >= 0.3 is 0 Å². The molecule has 0 aromatic carbocycles. The topological polar surface area (TPSA) is 64.3 Å². The van der Waals surface area contributed by atoms with Gasteiger partial charge in [0.1, 0.15) is 0 Å². The number of pyridine rings is 2. The third kappa shape index (κ3) is 2.57. The number of nitrogens with one attached hydrogen (secondary N) is 1. The largest absolute Gasteiger partial charge is 0.481 e. The Labute approximate surface area is 123 Å². The summed E-state index contributed by atoms with van der Waals surface area (Å²) in [5, 5.41) is 7.51. The van der Waals surface area contributed by atoms with Crippen LogP contribution in [0.5, 0.6) is 5.88 Å². The van der Waals surface area contributed by atoms with Crippen LogP contribution in [0.4, 0.5) is 5.95 Å². The van der Waals surface area contributed by atoms with Crippen LogP contribution in [0.2, 0.25) is 0 Å². The number of fused-ring (bicyclic) bond motifs is 1. The molecule has 0 bridgehead atoms. The average Bonchev–Trinajstić information content (AvgIpc) is 2.90. The molecular formula is C13H12BrN5O. The van der Waals surface area contributed by atoms with Crippen LogP contribution >= 0.6 is 15.9 Å². The first-order chi connectivity index (χ1) is 9.76. The maximum atomic E-state index is 5.02. The lowest BCUT2D eigenvalue weighted by atomic mass is 10.3. The lowest BCUT2D eigenvalue weighted by molar-refractivity contribution is 0.397. The summed E-state index contributed by atoms with van der Waals surface area (Å²) in [6.07, 6.45) is 3.62. The molecule has 7 heteroatoms. The molecular weight excluding hydrogens is 322 g/mol. The lowest BCUT2D eigenvalue weighted by Gasteiger charge is -2.02. The van der Waals surface area contributed by atoms with E-state index in [4.69, 9.17) is 4.74 Å². The van der Waals surface area contributed by atoms with Gasteiger partial charge in [-0.2, -0.15) is 4.98 Å². The van der Waals surface area contributed by atoms with E-state index in [1.165, 1.54) is 0 Å². The van der Waals surface area contributed by atoms with Gasteiger partial charge in [-0.05, 0) is 33.6 Å². The standard InChI is InChI=1S/C13H12BrN5O/c1-20-11-5-4-9(7-15-11)8-16-13-17-12-10(14)3-2-6-19(12)18-13/h2-7H,8H2,1H3,(H,16,18). The number of methoxy groups -OCH3 is 1. The summed E-state index contributed by atoms with van der Waals surface area (Å²) in [4.78, 5) is 8.56. The van der Waals surface area contributed by atoms with Gasteiger partial charge in [0.2, 0.25) is 11.8 Å². The van der Waals surface area contributed by atoms with Crippen molar-refractivity contribution in [3.05, 3.63) is 46.7 Å². The van der Waals surface area contributed by atoms with E-state index in [9.17, 15) is 0 Å². The molecule has 20 heavy (non-hydrogen) atoms. The van der Waals surface area contributed by atoms with Crippen LogP contribution in [-0.4, -0.2) is 26.7 Å². The third-order valence-corrected chi connectivity index (χ3v) is 3.39. The lowest BCUT2D eigenvalue weighted by Crippen LogP contribution is -2.02.